The van der Waals surface area contributed by atoms with Crippen molar-refractivity contribution in [1.29, 1.82) is 0 Å². The summed E-state index contributed by atoms with van der Waals surface area (Å²) < 4.78 is 11.8. The van der Waals surface area contributed by atoms with E-state index in [1.807, 2.05) is 37.6 Å². The van der Waals surface area contributed by atoms with Gasteiger partial charge in [0.05, 0.1) is 22.7 Å². The summed E-state index contributed by atoms with van der Waals surface area (Å²) >= 11 is 1.61. The molecule has 4 rings (SSSR count). The fourth-order valence-electron chi connectivity index (χ4n) is 3.20. The van der Waals surface area contributed by atoms with Crippen molar-refractivity contribution in [3.05, 3.63) is 45.6 Å². The van der Waals surface area contributed by atoms with Gasteiger partial charge in [-0.15, -0.1) is 11.3 Å². The molecule has 120 valence electrons. The first-order chi connectivity index (χ1) is 11.1. The summed E-state index contributed by atoms with van der Waals surface area (Å²) in [7, 11) is 0. The lowest BCUT2D eigenvalue weighted by molar-refractivity contribution is 0.254. The van der Waals surface area contributed by atoms with Crippen molar-refractivity contribution < 1.29 is 14.3 Å². The number of ether oxygens (including phenoxy) is 1. The molecule has 2 aromatic heterocycles. The highest BCUT2D eigenvalue weighted by Crippen LogP contribution is 2.52. The fourth-order valence-corrected chi connectivity index (χ4v) is 3.89. The third-order valence-corrected chi connectivity index (χ3v) is 5.65. The Balaban J connectivity index is 1.67. The molecule has 2 heterocycles. The highest BCUT2D eigenvalue weighted by molar-refractivity contribution is 7.09. The molecule has 3 aromatic rings. The largest absolute Gasteiger partial charge is 0.488 e. The number of rotatable bonds is 5. The van der Waals surface area contributed by atoms with E-state index in [4.69, 9.17) is 9.15 Å². The summed E-state index contributed by atoms with van der Waals surface area (Å²) in [5.41, 5.74) is 4.76. The summed E-state index contributed by atoms with van der Waals surface area (Å²) in [4.78, 5) is 5.39. The first-order valence-corrected chi connectivity index (χ1v) is 8.67. The topological polar surface area (TPSA) is 55.5 Å². The fraction of sp³-hybridized carbons (Fsp3) is 0.389. The lowest BCUT2D eigenvalue weighted by Crippen LogP contribution is -2.12. The molecule has 0 unspecified atom stereocenters. The zero-order valence-corrected chi connectivity index (χ0v) is 14.1. The maximum atomic E-state index is 9.76. The van der Waals surface area contributed by atoms with Crippen LogP contribution < -0.4 is 4.74 Å². The smallest absolute Gasteiger partial charge is 0.134 e. The van der Waals surface area contributed by atoms with Gasteiger partial charge in [0.15, 0.2) is 0 Å². The van der Waals surface area contributed by atoms with Crippen LogP contribution in [0, 0.1) is 13.8 Å². The van der Waals surface area contributed by atoms with E-state index in [9.17, 15) is 5.11 Å². The van der Waals surface area contributed by atoms with Crippen molar-refractivity contribution in [3.63, 3.8) is 0 Å². The highest BCUT2D eigenvalue weighted by atomic mass is 32.1. The van der Waals surface area contributed by atoms with Gasteiger partial charge in [0, 0.05) is 16.4 Å². The quantitative estimate of drug-likeness (QED) is 0.765. The minimum Gasteiger partial charge on any atom is -0.488 e. The molecule has 4 nitrogen and oxygen atoms in total. The summed E-state index contributed by atoms with van der Waals surface area (Å²) in [6, 6.07) is 5.92. The molecule has 1 N–H and O–H groups in total. The van der Waals surface area contributed by atoms with Crippen LogP contribution >= 0.6 is 11.3 Å². The van der Waals surface area contributed by atoms with Crippen LogP contribution in [0.15, 0.2) is 28.1 Å². The molecule has 0 bridgehead atoms. The standard InChI is InChI=1S/C18H19NO3S/c1-11-16(23-10-19-11)8-21-13-3-4-15-14(7-13)17(12(2)22-15)18(9-20)5-6-18/h3-4,7,10,20H,5-6,8-9H2,1-2H3. The van der Waals surface area contributed by atoms with Gasteiger partial charge in [-0.05, 0) is 44.9 Å². The van der Waals surface area contributed by atoms with Gasteiger partial charge >= 0.3 is 0 Å². The second-order valence-electron chi connectivity index (χ2n) is 6.28. The Hall–Kier alpha value is -1.85. The van der Waals surface area contributed by atoms with Crippen LogP contribution in [0.2, 0.25) is 0 Å². The van der Waals surface area contributed by atoms with Crippen molar-refractivity contribution in [2.24, 2.45) is 0 Å². The molecule has 1 saturated carbocycles. The Bertz CT molecular complexity index is 860. The minimum atomic E-state index is -0.109. The summed E-state index contributed by atoms with van der Waals surface area (Å²) in [5.74, 6) is 1.73. The number of hydrogen-bond donors (Lipinski definition) is 1. The number of aryl methyl sites for hydroxylation is 2. The Kier molecular flexibility index (Phi) is 3.43. The minimum absolute atomic E-state index is 0.109. The summed E-state index contributed by atoms with van der Waals surface area (Å²) in [6.45, 7) is 4.67. The zero-order chi connectivity index (χ0) is 16.0. The van der Waals surface area contributed by atoms with E-state index in [2.05, 4.69) is 4.98 Å². The van der Waals surface area contributed by atoms with E-state index in [-0.39, 0.29) is 12.0 Å². The van der Waals surface area contributed by atoms with Gasteiger partial charge in [-0.25, -0.2) is 4.98 Å². The molecule has 23 heavy (non-hydrogen) atoms. The van der Waals surface area contributed by atoms with E-state index in [1.165, 1.54) is 0 Å². The Morgan fingerprint density at radius 2 is 2.17 bits per heavy atom. The molecule has 0 saturated heterocycles. The monoisotopic (exact) mass is 329 g/mol. The number of aliphatic hydroxyl groups excluding tert-OH is 1. The molecule has 0 atom stereocenters. The zero-order valence-electron chi connectivity index (χ0n) is 13.3. The number of aliphatic hydroxyl groups is 1. The predicted molar refractivity (Wildman–Crippen MR) is 90.1 cm³/mol. The van der Waals surface area contributed by atoms with Crippen LogP contribution in [0.5, 0.6) is 5.75 Å². The van der Waals surface area contributed by atoms with E-state index in [0.29, 0.717) is 6.61 Å². The SMILES string of the molecule is Cc1ncsc1COc1ccc2oc(C)c(C3(CO)CC3)c2c1. The van der Waals surface area contributed by atoms with Crippen molar-refractivity contribution in [1.82, 2.24) is 4.98 Å². The van der Waals surface area contributed by atoms with E-state index in [1.54, 1.807) is 11.3 Å². The number of hydrogen-bond acceptors (Lipinski definition) is 5. The van der Waals surface area contributed by atoms with Gasteiger partial charge in [-0.2, -0.15) is 0 Å². The van der Waals surface area contributed by atoms with Gasteiger partial charge in [0.1, 0.15) is 23.7 Å². The van der Waals surface area contributed by atoms with Gasteiger partial charge in [-0.3, -0.25) is 0 Å². The van der Waals surface area contributed by atoms with E-state index < -0.39 is 0 Å². The molecule has 1 fully saturated rings. The third-order valence-electron chi connectivity index (χ3n) is 4.74. The van der Waals surface area contributed by atoms with Crippen molar-refractivity contribution in [2.75, 3.05) is 6.61 Å². The molecule has 1 aliphatic rings. The van der Waals surface area contributed by atoms with Crippen LogP contribution in [0.1, 0.15) is 34.7 Å². The molecule has 0 radical (unpaired) electrons. The lowest BCUT2D eigenvalue weighted by Gasteiger charge is -2.11. The van der Waals surface area contributed by atoms with Crippen molar-refractivity contribution >= 4 is 22.3 Å². The number of thiazole rings is 1. The number of furan rings is 1. The Labute approximate surface area is 138 Å². The molecule has 1 aromatic carbocycles. The summed E-state index contributed by atoms with van der Waals surface area (Å²) in [5, 5.41) is 10.8. The normalized spacial score (nSPS) is 16.0. The van der Waals surface area contributed by atoms with Gasteiger partial charge in [-0.1, -0.05) is 0 Å². The number of fused-ring (bicyclic) bond motifs is 1. The second kappa shape index (κ2) is 5.35. The number of aromatic nitrogens is 1. The van der Waals surface area contributed by atoms with E-state index >= 15 is 0 Å². The number of benzene rings is 1. The summed E-state index contributed by atoms with van der Waals surface area (Å²) in [6.07, 6.45) is 2.04. The Morgan fingerprint density at radius 3 is 2.83 bits per heavy atom. The Morgan fingerprint density at radius 1 is 1.35 bits per heavy atom. The molecule has 0 spiro atoms. The molecule has 1 aliphatic carbocycles. The average molecular weight is 329 g/mol. The van der Waals surface area contributed by atoms with Gasteiger partial charge in [0.2, 0.25) is 0 Å². The third kappa shape index (κ3) is 2.44. The van der Waals surface area contributed by atoms with Crippen molar-refractivity contribution in [2.45, 2.75) is 38.7 Å². The first kappa shape index (κ1) is 14.7. The maximum absolute atomic E-state index is 9.76. The molecule has 5 heteroatoms. The first-order valence-electron chi connectivity index (χ1n) is 7.79. The molecule has 0 amide bonds. The number of nitrogens with zero attached hydrogens (tertiary/aromatic N) is 1. The van der Waals surface area contributed by atoms with Crippen LogP contribution in [0.4, 0.5) is 0 Å². The van der Waals surface area contributed by atoms with Crippen LogP contribution in [0.3, 0.4) is 0 Å². The molecule has 0 aliphatic heterocycles. The van der Waals surface area contributed by atoms with Crippen LogP contribution in [-0.2, 0) is 12.0 Å². The van der Waals surface area contributed by atoms with Gasteiger partial charge < -0.3 is 14.3 Å². The average Bonchev–Trinajstić information content (AvgIpc) is 3.11. The van der Waals surface area contributed by atoms with Crippen molar-refractivity contribution in [3.8, 4) is 5.75 Å². The predicted octanol–water partition coefficient (Wildman–Crippen LogP) is 4.11. The maximum Gasteiger partial charge on any atom is 0.134 e. The van der Waals surface area contributed by atoms with Crippen LogP contribution in [-0.4, -0.2) is 16.7 Å². The lowest BCUT2D eigenvalue weighted by atomic mass is 9.94. The highest BCUT2D eigenvalue weighted by Gasteiger charge is 2.47. The van der Waals surface area contributed by atoms with Gasteiger partial charge in [0.25, 0.3) is 0 Å². The second-order valence-corrected chi connectivity index (χ2v) is 7.22. The molecular weight excluding hydrogens is 310 g/mol. The van der Waals surface area contributed by atoms with E-state index in [0.717, 1.165) is 51.5 Å². The van der Waals surface area contributed by atoms with Crippen LogP contribution in [0.25, 0.3) is 11.0 Å². The molecular formula is C18H19NO3S.